The molecule has 5 heteroatoms. The summed E-state index contributed by atoms with van der Waals surface area (Å²) < 4.78 is 0. The predicted molar refractivity (Wildman–Crippen MR) is 112 cm³/mol. The average Bonchev–Trinajstić information content (AvgIpc) is 3.63. The van der Waals surface area contributed by atoms with E-state index in [-0.39, 0.29) is 29.7 Å². The summed E-state index contributed by atoms with van der Waals surface area (Å²) in [6.07, 6.45) is 8.09. The van der Waals surface area contributed by atoms with Gasteiger partial charge in [-0.3, -0.25) is 14.6 Å². The van der Waals surface area contributed by atoms with E-state index in [9.17, 15) is 9.59 Å². The second-order valence-corrected chi connectivity index (χ2v) is 8.23. The van der Waals surface area contributed by atoms with Gasteiger partial charge in [0.05, 0.1) is 12.0 Å². The van der Waals surface area contributed by atoms with E-state index < -0.39 is 0 Å². The highest BCUT2D eigenvalue weighted by Crippen LogP contribution is 2.39. The van der Waals surface area contributed by atoms with Gasteiger partial charge in [0.25, 0.3) is 0 Å². The van der Waals surface area contributed by atoms with E-state index in [4.69, 9.17) is 0 Å². The van der Waals surface area contributed by atoms with Crippen molar-refractivity contribution in [2.75, 3.05) is 6.54 Å². The number of hydrogen-bond donors (Lipinski definition) is 1. The van der Waals surface area contributed by atoms with E-state index in [0.29, 0.717) is 13.1 Å². The van der Waals surface area contributed by atoms with Crippen molar-refractivity contribution >= 4 is 11.8 Å². The van der Waals surface area contributed by atoms with Crippen LogP contribution in [0.2, 0.25) is 0 Å². The molecule has 0 bridgehead atoms. The minimum atomic E-state index is -0.152. The average molecular weight is 392 g/mol. The Kier molecular flexibility index (Phi) is 5.93. The van der Waals surface area contributed by atoms with Crippen LogP contribution in [-0.2, 0) is 22.6 Å². The Balaban J connectivity index is 1.44. The third-order valence-corrected chi connectivity index (χ3v) is 6.12. The number of piperidine rings is 1. The van der Waals surface area contributed by atoms with Crippen molar-refractivity contribution in [2.24, 2.45) is 11.8 Å². The Labute approximate surface area is 172 Å². The maximum absolute atomic E-state index is 13.0. The standard InChI is InChI=1S/C24H29N3O2/c1-2-17-5-7-19(8-6-17)22-12-11-21(16-27(22)24(29)20-9-10-20)23(28)26-15-18-4-3-13-25-14-18/h3-8,13-14,20-22H,2,9-12,15-16H2,1H3,(H,26,28). The van der Waals surface area contributed by atoms with Crippen molar-refractivity contribution in [3.8, 4) is 0 Å². The van der Waals surface area contributed by atoms with Gasteiger partial charge < -0.3 is 10.2 Å². The lowest BCUT2D eigenvalue weighted by molar-refractivity contribution is -0.140. The maximum atomic E-state index is 13.0. The number of nitrogens with zero attached hydrogens (tertiary/aromatic N) is 2. The predicted octanol–water partition coefficient (Wildman–Crippen LogP) is 3.65. The van der Waals surface area contributed by atoms with Gasteiger partial charge in [-0.1, -0.05) is 37.3 Å². The van der Waals surface area contributed by atoms with Crippen molar-refractivity contribution in [2.45, 2.75) is 51.6 Å². The van der Waals surface area contributed by atoms with Gasteiger partial charge >= 0.3 is 0 Å². The zero-order chi connectivity index (χ0) is 20.2. The highest BCUT2D eigenvalue weighted by atomic mass is 16.2. The van der Waals surface area contributed by atoms with Crippen molar-refractivity contribution < 1.29 is 9.59 Å². The number of amides is 2. The molecule has 0 spiro atoms. The molecule has 2 fully saturated rings. The highest BCUT2D eigenvalue weighted by Gasteiger charge is 2.41. The Morgan fingerprint density at radius 3 is 2.45 bits per heavy atom. The molecule has 4 rings (SSSR count). The second-order valence-electron chi connectivity index (χ2n) is 8.23. The van der Waals surface area contributed by atoms with Crippen molar-refractivity contribution in [3.05, 3.63) is 65.5 Å². The normalized spacial score (nSPS) is 21.6. The summed E-state index contributed by atoms with van der Waals surface area (Å²) in [6.45, 7) is 3.13. The Morgan fingerprint density at radius 1 is 1.03 bits per heavy atom. The van der Waals surface area contributed by atoms with Crippen LogP contribution in [0.5, 0.6) is 0 Å². The number of carbonyl (C=O) groups is 2. The van der Waals surface area contributed by atoms with Crippen LogP contribution < -0.4 is 5.32 Å². The molecule has 2 aliphatic rings. The van der Waals surface area contributed by atoms with E-state index in [0.717, 1.165) is 37.7 Å². The number of aromatic nitrogens is 1. The monoisotopic (exact) mass is 391 g/mol. The zero-order valence-corrected chi connectivity index (χ0v) is 17.0. The molecule has 2 unspecified atom stereocenters. The van der Waals surface area contributed by atoms with Gasteiger partial charge in [-0.25, -0.2) is 0 Å². The maximum Gasteiger partial charge on any atom is 0.226 e. The quantitative estimate of drug-likeness (QED) is 0.818. The first-order chi connectivity index (χ1) is 14.2. The number of hydrogen-bond acceptors (Lipinski definition) is 3. The van der Waals surface area contributed by atoms with Gasteiger partial charge in [-0.05, 0) is 54.9 Å². The van der Waals surface area contributed by atoms with Gasteiger partial charge in [-0.2, -0.15) is 0 Å². The molecule has 1 aliphatic carbocycles. The Morgan fingerprint density at radius 2 is 1.79 bits per heavy atom. The number of nitrogens with one attached hydrogen (secondary N) is 1. The molecule has 0 radical (unpaired) electrons. The number of benzene rings is 1. The molecule has 1 saturated carbocycles. The number of carbonyl (C=O) groups excluding carboxylic acids is 2. The van der Waals surface area contributed by atoms with E-state index in [1.807, 2.05) is 17.0 Å². The lowest BCUT2D eigenvalue weighted by atomic mass is 9.87. The molecule has 1 saturated heterocycles. The van der Waals surface area contributed by atoms with E-state index >= 15 is 0 Å². The van der Waals surface area contributed by atoms with Crippen LogP contribution in [0, 0.1) is 11.8 Å². The molecule has 2 amide bonds. The molecule has 1 aromatic carbocycles. The second kappa shape index (κ2) is 8.76. The number of aryl methyl sites for hydroxylation is 1. The molecule has 2 heterocycles. The summed E-state index contributed by atoms with van der Waals surface area (Å²) in [7, 11) is 0. The summed E-state index contributed by atoms with van der Waals surface area (Å²) in [4.78, 5) is 31.9. The molecular weight excluding hydrogens is 362 g/mol. The first-order valence-electron chi connectivity index (χ1n) is 10.7. The summed E-state index contributed by atoms with van der Waals surface area (Å²) in [6, 6.07) is 12.5. The summed E-state index contributed by atoms with van der Waals surface area (Å²) in [5.74, 6) is 0.256. The fraction of sp³-hybridized carbons (Fsp3) is 0.458. The molecule has 2 aromatic rings. The number of likely N-dealkylation sites (tertiary alicyclic amines) is 1. The smallest absolute Gasteiger partial charge is 0.226 e. The summed E-state index contributed by atoms with van der Waals surface area (Å²) in [5, 5.41) is 3.03. The minimum Gasteiger partial charge on any atom is -0.352 e. The topological polar surface area (TPSA) is 62.3 Å². The fourth-order valence-corrected chi connectivity index (χ4v) is 4.15. The lowest BCUT2D eigenvalue weighted by Gasteiger charge is -2.39. The summed E-state index contributed by atoms with van der Waals surface area (Å²) >= 11 is 0. The van der Waals surface area contributed by atoms with Crippen LogP contribution >= 0.6 is 0 Å². The van der Waals surface area contributed by atoms with E-state index in [1.165, 1.54) is 11.1 Å². The molecule has 152 valence electrons. The Hall–Kier alpha value is -2.69. The highest BCUT2D eigenvalue weighted by molar-refractivity contribution is 5.84. The lowest BCUT2D eigenvalue weighted by Crippen LogP contribution is -2.47. The van der Waals surface area contributed by atoms with Crippen molar-refractivity contribution in [1.29, 1.82) is 0 Å². The van der Waals surface area contributed by atoms with Crippen LogP contribution in [0.15, 0.2) is 48.8 Å². The van der Waals surface area contributed by atoms with E-state index in [1.54, 1.807) is 12.4 Å². The molecule has 29 heavy (non-hydrogen) atoms. The molecule has 2 atom stereocenters. The first kappa shape index (κ1) is 19.6. The van der Waals surface area contributed by atoms with Gasteiger partial charge in [-0.15, -0.1) is 0 Å². The van der Waals surface area contributed by atoms with Crippen LogP contribution in [0.4, 0.5) is 0 Å². The van der Waals surface area contributed by atoms with E-state index in [2.05, 4.69) is 41.5 Å². The molecule has 1 N–H and O–H groups in total. The largest absolute Gasteiger partial charge is 0.352 e. The third-order valence-electron chi connectivity index (χ3n) is 6.12. The number of pyridine rings is 1. The zero-order valence-electron chi connectivity index (χ0n) is 17.0. The third kappa shape index (κ3) is 4.66. The SMILES string of the molecule is CCc1ccc(C2CCC(C(=O)NCc3cccnc3)CN2C(=O)C2CC2)cc1. The fourth-order valence-electron chi connectivity index (χ4n) is 4.15. The van der Waals surface area contributed by atoms with Crippen LogP contribution in [0.1, 0.15) is 55.3 Å². The first-order valence-corrected chi connectivity index (χ1v) is 10.7. The Bertz CT molecular complexity index is 846. The van der Waals surface area contributed by atoms with Crippen LogP contribution in [0.3, 0.4) is 0 Å². The van der Waals surface area contributed by atoms with Gasteiger partial charge in [0.15, 0.2) is 0 Å². The van der Waals surface area contributed by atoms with Gasteiger partial charge in [0.1, 0.15) is 0 Å². The van der Waals surface area contributed by atoms with Gasteiger partial charge in [0, 0.05) is 31.4 Å². The molecule has 1 aliphatic heterocycles. The van der Waals surface area contributed by atoms with Crippen molar-refractivity contribution in [3.63, 3.8) is 0 Å². The van der Waals surface area contributed by atoms with Gasteiger partial charge in [0.2, 0.25) is 11.8 Å². The number of rotatable bonds is 6. The summed E-state index contributed by atoms with van der Waals surface area (Å²) in [5.41, 5.74) is 3.47. The molecule has 5 nitrogen and oxygen atoms in total. The molecule has 1 aromatic heterocycles. The minimum absolute atomic E-state index is 0.0298. The van der Waals surface area contributed by atoms with Crippen LogP contribution in [0.25, 0.3) is 0 Å². The van der Waals surface area contributed by atoms with Crippen molar-refractivity contribution in [1.82, 2.24) is 15.2 Å². The van der Waals surface area contributed by atoms with Crippen LogP contribution in [-0.4, -0.2) is 28.2 Å². The molecular formula is C24H29N3O2.